The first-order valence-corrected chi connectivity index (χ1v) is 4.09. The van der Waals surface area contributed by atoms with Gasteiger partial charge in [-0.15, -0.1) is 0 Å². The van der Waals surface area contributed by atoms with Crippen molar-refractivity contribution in [3.63, 3.8) is 0 Å². The van der Waals surface area contributed by atoms with E-state index in [1.807, 2.05) is 6.92 Å². The summed E-state index contributed by atoms with van der Waals surface area (Å²) in [6.07, 6.45) is 1.41. The summed E-state index contributed by atoms with van der Waals surface area (Å²) in [5.74, 6) is -2.55. The van der Waals surface area contributed by atoms with Crippen LogP contribution in [0.4, 0.5) is 8.78 Å². The molecule has 0 bridgehead atoms. The van der Waals surface area contributed by atoms with Gasteiger partial charge in [0, 0.05) is 6.42 Å². The quantitative estimate of drug-likeness (QED) is 0.659. The van der Waals surface area contributed by atoms with E-state index in [0.29, 0.717) is 6.42 Å². The van der Waals surface area contributed by atoms with Crippen molar-refractivity contribution in [2.24, 2.45) is 0 Å². The minimum Gasteiger partial charge on any atom is -0.312 e. The van der Waals surface area contributed by atoms with Crippen molar-refractivity contribution in [3.05, 3.63) is 0 Å². The van der Waals surface area contributed by atoms with Crippen molar-refractivity contribution in [1.29, 1.82) is 0 Å². The largest absolute Gasteiger partial charge is 0.312 e. The lowest BCUT2D eigenvalue weighted by Crippen LogP contribution is -2.40. The summed E-state index contributed by atoms with van der Waals surface area (Å²) in [7, 11) is 1.56. The molecule has 1 atom stereocenters. The summed E-state index contributed by atoms with van der Waals surface area (Å²) in [4.78, 5) is 0. The van der Waals surface area contributed by atoms with Crippen molar-refractivity contribution in [2.45, 2.75) is 45.1 Å². The Morgan fingerprint density at radius 1 is 1.45 bits per heavy atom. The molecule has 0 saturated heterocycles. The van der Waals surface area contributed by atoms with Gasteiger partial charge in [0.2, 0.25) is 0 Å². The Morgan fingerprint density at radius 3 is 2.36 bits per heavy atom. The molecule has 1 unspecified atom stereocenters. The second kappa shape index (κ2) is 4.65. The summed E-state index contributed by atoms with van der Waals surface area (Å²) in [6, 6.07) is -0.714. The molecule has 1 N–H and O–H groups in total. The summed E-state index contributed by atoms with van der Waals surface area (Å²) < 4.78 is 25.9. The molecule has 0 aliphatic rings. The predicted molar refractivity (Wildman–Crippen MR) is 43.0 cm³/mol. The molecule has 0 amide bonds. The minimum atomic E-state index is -2.55. The lowest BCUT2D eigenvalue weighted by atomic mass is 10.1. The SMILES string of the molecule is CCCCC(F)(F)C(C)NC. The molecule has 0 rings (SSSR count). The van der Waals surface area contributed by atoms with E-state index < -0.39 is 12.0 Å². The molecule has 0 radical (unpaired) electrons. The van der Waals surface area contributed by atoms with Crippen molar-refractivity contribution in [1.82, 2.24) is 5.32 Å². The van der Waals surface area contributed by atoms with Crippen LogP contribution in [0.25, 0.3) is 0 Å². The fourth-order valence-corrected chi connectivity index (χ4v) is 0.840. The molecule has 0 fully saturated rings. The average Bonchev–Trinajstić information content (AvgIpc) is 1.99. The lowest BCUT2D eigenvalue weighted by molar-refractivity contribution is -0.0386. The minimum absolute atomic E-state index is 0.00843. The van der Waals surface area contributed by atoms with E-state index >= 15 is 0 Å². The maximum Gasteiger partial charge on any atom is 0.262 e. The number of hydrogen-bond acceptors (Lipinski definition) is 1. The number of hydrogen-bond donors (Lipinski definition) is 1. The van der Waals surface area contributed by atoms with Gasteiger partial charge >= 0.3 is 0 Å². The lowest BCUT2D eigenvalue weighted by Gasteiger charge is -2.22. The molecule has 68 valence electrons. The van der Waals surface area contributed by atoms with Crippen molar-refractivity contribution in [3.8, 4) is 0 Å². The number of halogens is 2. The van der Waals surface area contributed by atoms with Crippen molar-refractivity contribution < 1.29 is 8.78 Å². The smallest absolute Gasteiger partial charge is 0.262 e. The summed E-state index contributed by atoms with van der Waals surface area (Å²) in [6.45, 7) is 3.43. The number of rotatable bonds is 5. The van der Waals surface area contributed by atoms with Crippen LogP contribution in [0.3, 0.4) is 0 Å². The molecule has 0 heterocycles. The number of unbranched alkanes of at least 4 members (excludes halogenated alkanes) is 1. The monoisotopic (exact) mass is 165 g/mol. The Labute approximate surface area is 67.2 Å². The highest BCUT2D eigenvalue weighted by Gasteiger charge is 2.34. The van der Waals surface area contributed by atoms with E-state index in [1.165, 1.54) is 6.92 Å². The van der Waals surface area contributed by atoms with Gasteiger partial charge in [0.15, 0.2) is 0 Å². The molecule has 0 aliphatic carbocycles. The van der Waals surface area contributed by atoms with Gasteiger partial charge in [-0.2, -0.15) is 0 Å². The molecule has 0 spiro atoms. The molecule has 0 aliphatic heterocycles. The van der Waals surface area contributed by atoms with E-state index in [-0.39, 0.29) is 6.42 Å². The van der Waals surface area contributed by atoms with Crippen LogP contribution in [0, 0.1) is 0 Å². The standard InChI is InChI=1S/C8H17F2N/c1-4-5-6-8(9,10)7(2)11-3/h7,11H,4-6H2,1-3H3. The Kier molecular flexibility index (Phi) is 4.57. The molecule has 0 aromatic rings. The summed E-state index contributed by atoms with van der Waals surface area (Å²) in [5.41, 5.74) is 0. The molecule has 0 saturated carbocycles. The fourth-order valence-electron chi connectivity index (χ4n) is 0.840. The Balaban J connectivity index is 3.77. The fraction of sp³-hybridized carbons (Fsp3) is 1.00. The van der Waals surface area contributed by atoms with Crippen LogP contribution in [-0.2, 0) is 0 Å². The highest BCUT2D eigenvalue weighted by Crippen LogP contribution is 2.24. The van der Waals surface area contributed by atoms with Gasteiger partial charge < -0.3 is 5.32 Å². The molecule has 0 aromatic heterocycles. The third-order valence-electron chi connectivity index (χ3n) is 1.93. The van der Waals surface area contributed by atoms with Crippen molar-refractivity contribution in [2.75, 3.05) is 7.05 Å². The summed E-state index contributed by atoms with van der Waals surface area (Å²) >= 11 is 0. The topological polar surface area (TPSA) is 12.0 Å². The van der Waals surface area contributed by atoms with Crippen LogP contribution in [0.2, 0.25) is 0 Å². The third-order valence-corrected chi connectivity index (χ3v) is 1.93. The van der Waals surface area contributed by atoms with E-state index in [4.69, 9.17) is 0 Å². The van der Waals surface area contributed by atoms with Gasteiger partial charge in [0.25, 0.3) is 5.92 Å². The van der Waals surface area contributed by atoms with Crippen LogP contribution >= 0.6 is 0 Å². The molecular formula is C8H17F2N. The normalized spacial score (nSPS) is 15.0. The van der Waals surface area contributed by atoms with Crippen molar-refractivity contribution >= 4 is 0 Å². The van der Waals surface area contributed by atoms with Gasteiger partial charge in [-0.05, 0) is 20.4 Å². The highest BCUT2D eigenvalue weighted by molar-refractivity contribution is 4.77. The zero-order chi connectivity index (χ0) is 8.91. The molecule has 1 nitrogen and oxygen atoms in total. The first-order valence-electron chi connectivity index (χ1n) is 4.09. The van der Waals surface area contributed by atoms with Crippen LogP contribution in [0.5, 0.6) is 0 Å². The molecule has 3 heteroatoms. The maximum atomic E-state index is 12.9. The average molecular weight is 165 g/mol. The Hall–Kier alpha value is -0.180. The second-order valence-electron chi connectivity index (χ2n) is 2.87. The van der Waals surface area contributed by atoms with Gasteiger partial charge in [-0.3, -0.25) is 0 Å². The maximum absolute atomic E-state index is 12.9. The second-order valence-corrected chi connectivity index (χ2v) is 2.87. The van der Waals surface area contributed by atoms with E-state index in [1.54, 1.807) is 7.05 Å². The van der Waals surface area contributed by atoms with Crippen LogP contribution in [0.15, 0.2) is 0 Å². The molecule has 11 heavy (non-hydrogen) atoms. The summed E-state index contributed by atoms with van der Waals surface area (Å²) in [5, 5.41) is 2.56. The van der Waals surface area contributed by atoms with Gasteiger partial charge in [-0.25, -0.2) is 8.78 Å². The van der Waals surface area contributed by atoms with Gasteiger partial charge in [-0.1, -0.05) is 13.3 Å². The number of nitrogens with one attached hydrogen (secondary N) is 1. The third kappa shape index (κ3) is 3.65. The highest BCUT2D eigenvalue weighted by atomic mass is 19.3. The number of alkyl halides is 2. The zero-order valence-electron chi connectivity index (χ0n) is 7.45. The van der Waals surface area contributed by atoms with Crippen LogP contribution in [0.1, 0.15) is 33.1 Å². The van der Waals surface area contributed by atoms with Crippen LogP contribution in [-0.4, -0.2) is 19.0 Å². The van der Waals surface area contributed by atoms with E-state index in [0.717, 1.165) is 6.42 Å². The first kappa shape index (κ1) is 10.8. The van der Waals surface area contributed by atoms with Gasteiger partial charge in [0.1, 0.15) is 0 Å². The molecule has 0 aromatic carbocycles. The Bertz CT molecular complexity index is 104. The predicted octanol–water partition coefficient (Wildman–Crippen LogP) is 2.42. The first-order chi connectivity index (χ1) is 5.04. The zero-order valence-corrected chi connectivity index (χ0v) is 7.45. The molecular weight excluding hydrogens is 148 g/mol. The Morgan fingerprint density at radius 2 is 2.00 bits per heavy atom. The van der Waals surface area contributed by atoms with E-state index in [9.17, 15) is 8.78 Å². The van der Waals surface area contributed by atoms with Crippen LogP contribution < -0.4 is 5.32 Å². The van der Waals surface area contributed by atoms with E-state index in [2.05, 4.69) is 5.32 Å². The van der Waals surface area contributed by atoms with Gasteiger partial charge in [0.05, 0.1) is 6.04 Å².